The van der Waals surface area contributed by atoms with Gasteiger partial charge in [-0.05, 0) is 30.7 Å². The third-order valence-corrected chi connectivity index (χ3v) is 5.05. The Morgan fingerprint density at radius 1 is 1.10 bits per heavy atom. The van der Waals surface area contributed by atoms with Crippen LogP contribution in [0.4, 0.5) is 4.79 Å². The predicted molar refractivity (Wildman–Crippen MR) is 111 cm³/mol. The highest BCUT2D eigenvalue weighted by Crippen LogP contribution is 2.30. The second kappa shape index (κ2) is 10.7. The van der Waals surface area contributed by atoms with Gasteiger partial charge in [-0.3, -0.25) is 24.2 Å². The van der Waals surface area contributed by atoms with Crippen molar-refractivity contribution in [2.75, 3.05) is 45.9 Å². The number of nitrogens with zero attached hydrogens (tertiary/aromatic N) is 2. The fourth-order valence-corrected chi connectivity index (χ4v) is 3.20. The smallest absolute Gasteiger partial charge is 0.333 e. The van der Waals surface area contributed by atoms with Gasteiger partial charge >= 0.3 is 12.0 Å². The fraction of sp³-hybridized carbons (Fsp3) is 0.400. The van der Waals surface area contributed by atoms with E-state index < -0.39 is 17.8 Å². The first-order chi connectivity index (χ1) is 14.3. The summed E-state index contributed by atoms with van der Waals surface area (Å²) in [4.78, 5) is 49.5. The molecule has 2 rings (SSSR count). The first kappa shape index (κ1) is 23.3. The van der Waals surface area contributed by atoms with Gasteiger partial charge in [0.25, 0.3) is 11.8 Å². The van der Waals surface area contributed by atoms with Gasteiger partial charge in [0.15, 0.2) is 11.5 Å². The molecule has 4 amide bonds. The molecule has 0 radical (unpaired) electrons. The number of methoxy groups -OCH3 is 1. The number of benzene rings is 1. The van der Waals surface area contributed by atoms with Crippen molar-refractivity contribution >= 4 is 41.7 Å². The van der Waals surface area contributed by atoms with Crippen LogP contribution in [0.1, 0.15) is 12.5 Å². The van der Waals surface area contributed by atoms with Gasteiger partial charge < -0.3 is 14.2 Å². The van der Waals surface area contributed by atoms with Gasteiger partial charge in [0.2, 0.25) is 0 Å². The van der Waals surface area contributed by atoms with Crippen molar-refractivity contribution in [3.8, 4) is 11.5 Å². The first-order valence-corrected chi connectivity index (χ1v) is 10.3. The van der Waals surface area contributed by atoms with Gasteiger partial charge in [-0.2, -0.15) is 0 Å². The van der Waals surface area contributed by atoms with E-state index in [1.54, 1.807) is 25.1 Å². The van der Waals surface area contributed by atoms with Gasteiger partial charge in [-0.1, -0.05) is 6.07 Å². The fourth-order valence-electron chi connectivity index (χ4n) is 2.60. The number of hydrogen-bond donors (Lipinski definition) is 0. The van der Waals surface area contributed by atoms with Crippen molar-refractivity contribution in [1.29, 1.82) is 0 Å². The number of ether oxygens (including phenoxy) is 3. The van der Waals surface area contributed by atoms with Crippen LogP contribution in [-0.2, 0) is 19.1 Å². The predicted octanol–water partition coefficient (Wildman–Crippen LogP) is 1.80. The summed E-state index contributed by atoms with van der Waals surface area (Å²) in [7, 11) is 4.11. The van der Waals surface area contributed by atoms with Gasteiger partial charge in [0.05, 0.1) is 26.1 Å². The Labute approximate surface area is 178 Å². The highest BCUT2D eigenvalue weighted by Gasteiger charge is 2.37. The van der Waals surface area contributed by atoms with Crippen molar-refractivity contribution in [3.63, 3.8) is 0 Å². The zero-order valence-corrected chi connectivity index (χ0v) is 18.1. The van der Waals surface area contributed by atoms with E-state index in [1.165, 1.54) is 39.0 Å². The zero-order valence-electron chi connectivity index (χ0n) is 17.3. The van der Waals surface area contributed by atoms with Crippen molar-refractivity contribution in [2.45, 2.75) is 6.92 Å². The second-order valence-electron chi connectivity index (χ2n) is 6.19. The lowest BCUT2D eigenvalue weighted by Gasteiger charge is -2.28. The number of imide groups is 2. The Morgan fingerprint density at radius 3 is 2.37 bits per heavy atom. The van der Waals surface area contributed by atoms with Crippen molar-refractivity contribution in [3.05, 3.63) is 29.3 Å². The van der Waals surface area contributed by atoms with E-state index in [-0.39, 0.29) is 17.3 Å². The molecule has 0 saturated carbocycles. The van der Waals surface area contributed by atoms with Crippen LogP contribution in [0.15, 0.2) is 23.8 Å². The van der Waals surface area contributed by atoms with Crippen LogP contribution >= 0.6 is 11.8 Å². The summed E-state index contributed by atoms with van der Waals surface area (Å²) in [6, 6.07) is 4.29. The molecule has 0 N–H and O–H groups in total. The molecule has 1 aromatic rings. The van der Waals surface area contributed by atoms with E-state index in [1.807, 2.05) is 0 Å². The number of urea groups is 1. The molecule has 1 heterocycles. The first-order valence-electron chi connectivity index (χ1n) is 9.16. The molecule has 1 fully saturated rings. The third-order valence-electron chi connectivity index (χ3n) is 4.15. The van der Waals surface area contributed by atoms with Crippen molar-refractivity contribution < 1.29 is 33.4 Å². The van der Waals surface area contributed by atoms with Gasteiger partial charge in [-0.15, -0.1) is 11.8 Å². The molecular formula is C20H24N2O7S. The number of rotatable bonds is 9. The summed E-state index contributed by atoms with van der Waals surface area (Å²) >= 11 is 1.40. The summed E-state index contributed by atoms with van der Waals surface area (Å²) < 4.78 is 15.9. The number of carbonyl (C=O) groups is 4. The monoisotopic (exact) mass is 436 g/mol. The highest BCUT2D eigenvalue weighted by molar-refractivity contribution is 7.99. The summed E-state index contributed by atoms with van der Waals surface area (Å²) in [5.41, 5.74) is 0.425. The summed E-state index contributed by atoms with van der Waals surface area (Å²) in [5.74, 6) is 0.164. The van der Waals surface area contributed by atoms with Crippen LogP contribution in [0.5, 0.6) is 11.5 Å². The Balaban J connectivity index is 2.06. The van der Waals surface area contributed by atoms with Crippen LogP contribution < -0.4 is 9.47 Å². The molecule has 30 heavy (non-hydrogen) atoms. The maximum Gasteiger partial charge on any atom is 0.333 e. The molecule has 0 bridgehead atoms. The van der Waals surface area contributed by atoms with Gasteiger partial charge in [0, 0.05) is 19.8 Å². The van der Waals surface area contributed by atoms with Gasteiger partial charge in [0.1, 0.15) is 5.57 Å². The number of thioether (sulfide) groups is 1. The van der Waals surface area contributed by atoms with Crippen molar-refractivity contribution in [2.24, 2.45) is 0 Å². The van der Waals surface area contributed by atoms with Crippen LogP contribution in [0, 0.1) is 0 Å². The lowest BCUT2D eigenvalue weighted by atomic mass is 10.1. The van der Waals surface area contributed by atoms with Crippen LogP contribution in [0.25, 0.3) is 6.08 Å². The zero-order chi connectivity index (χ0) is 22.3. The normalized spacial score (nSPS) is 14.1. The molecule has 1 aromatic carbocycles. The molecule has 0 aliphatic carbocycles. The Hall–Kier alpha value is -3.01. The number of likely N-dealkylation sites (N-methyl/N-ethyl adjacent to an activating group) is 2. The standard InChI is InChI=1S/C20H24N2O7S/c1-5-28-17(23)12-30-9-8-29-15-7-6-13(11-16(15)27-4)10-14-18(24)21(2)20(26)22(3)19(14)25/h6-7,10-11H,5,8-9,12H2,1-4H3. The Bertz CT molecular complexity index is 843. The lowest BCUT2D eigenvalue weighted by molar-refractivity contribution is -0.140. The molecule has 0 unspecified atom stereocenters. The van der Waals surface area contributed by atoms with Crippen LogP contribution in [0.3, 0.4) is 0 Å². The van der Waals surface area contributed by atoms with E-state index in [9.17, 15) is 19.2 Å². The SMILES string of the molecule is CCOC(=O)CSCCOc1ccc(C=C2C(=O)N(C)C(=O)N(C)C2=O)cc1OC. The van der Waals surface area contributed by atoms with Crippen LogP contribution in [0.2, 0.25) is 0 Å². The molecule has 1 aliphatic rings. The third kappa shape index (κ3) is 5.53. The summed E-state index contributed by atoms with van der Waals surface area (Å²) in [6.45, 7) is 2.47. The Morgan fingerprint density at radius 2 is 1.77 bits per heavy atom. The topological polar surface area (TPSA) is 102 Å². The van der Waals surface area contributed by atoms with Crippen LogP contribution in [-0.4, -0.2) is 79.5 Å². The molecule has 1 saturated heterocycles. The average Bonchev–Trinajstić information content (AvgIpc) is 2.74. The maximum atomic E-state index is 12.3. The van der Waals surface area contributed by atoms with E-state index in [2.05, 4.69) is 0 Å². The largest absolute Gasteiger partial charge is 0.493 e. The molecule has 0 spiro atoms. The molecule has 10 heteroatoms. The molecule has 1 aliphatic heterocycles. The average molecular weight is 436 g/mol. The molecule has 9 nitrogen and oxygen atoms in total. The minimum atomic E-state index is -0.677. The van der Waals surface area contributed by atoms with Gasteiger partial charge in [-0.25, -0.2) is 4.79 Å². The summed E-state index contributed by atoms with van der Waals surface area (Å²) in [5, 5.41) is 0. The lowest BCUT2D eigenvalue weighted by Crippen LogP contribution is -2.52. The molecular weight excluding hydrogens is 412 g/mol. The number of amides is 4. The summed E-state index contributed by atoms with van der Waals surface area (Å²) in [6.07, 6.45) is 1.41. The van der Waals surface area contributed by atoms with E-state index in [0.29, 0.717) is 36.0 Å². The molecule has 162 valence electrons. The van der Waals surface area contributed by atoms with Crippen molar-refractivity contribution in [1.82, 2.24) is 9.80 Å². The number of carbonyl (C=O) groups excluding carboxylic acids is 4. The molecule has 0 atom stereocenters. The van der Waals surface area contributed by atoms with E-state index >= 15 is 0 Å². The van der Waals surface area contributed by atoms with E-state index in [0.717, 1.165) is 9.80 Å². The number of barbiturate groups is 1. The minimum Gasteiger partial charge on any atom is -0.493 e. The number of esters is 1. The Kier molecular flexibility index (Phi) is 8.28. The minimum absolute atomic E-state index is 0.120. The second-order valence-corrected chi connectivity index (χ2v) is 7.29. The quantitative estimate of drug-likeness (QED) is 0.250. The highest BCUT2D eigenvalue weighted by atomic mass is 32.2. The maximum absolute atomic E-state index is 12.3. The molecule has 0 aromatic heterocycles. The number of hydrogen-bond acceptors (Lipinski definition) is 8. The van der Waals surface area contributed by atoms with E-state index in [4.69, 9.17) is 14.2 Å².